The van der Waals surface area contributed by atoms with E-state index >= 15 is 0 Å². The lowest BCUT2D eigenvalue weighted by Crippen LogP contribution is -2.28. The highest BCUT2D eigenvalue weighted by Crippen LogP contribution is 2.35. The first kappa shape index (κ1) is 12.7. The molecule has 0 bridgehead atoms. The molecule has 1 aromatic rings. The normalized spacial score (nSPS) is 14.8. The molecule has 0 unspecified atom stereocenters. The van der Waals surface area contributed by atoms with Crippen molar-refractivity contribution in [3.8, 4) is 11.5 Å². The zero-order valence-electron chi connectivity index (χ0n) is 8.77. The maximum Gasteiger partial charge on any atom is 0.534 e. The van der Waals surface area contributed by atoms with Crippen LogP contribution in [0.5, 0.6) is 11.5 Å². The van der Waals surface area contributed by atoms with Crippen molar-refractivity contribution in [1.82, 2.24) is 0 Å². The van der Waals surface area contributed by atoms with Crippen molar-refractivity contribution in [1.29, 1.82) is 0 Å². The van der Waals surface area contributed by atoms with Crippen LogP contribution >= 0.6 is 0 Å². The molecule has 0 fully saturated rings. The third kappa shape index (κ3) is 2.28. The molecule has 0 N–H and O–H groups in total. The van der Waals surface area contributed by atoms with Gasteiger partial charge >= 0.3 is 15.6 Å². The van der Waals surface area contributed by atoms with E-state index in [4.69, 9.17) is 4.74 Å². The highest BCUT2D eigenvalue weighted by molar-refractivity contribution is 7.88. The van der Waals surface area contributed by atoms with Crippen LogP contribution in [0.2, 0.25) is 0 Å². The molecule has 0 spiro atoms. The van der Waals surface area contributed by atoms with Crippen molar-refractivity contribution < 1.29 is 30.5 Å². The summed E-state index contributed by atoms with van der Waals surface area (Å²) in [6, 6.07) is 3.98. The quantitative estimate of drug-likeness (QED) is 0.616. The maximum absolute atomic E-state index is 12.2. The summed E-state index contributed by atoms with van der Waals surface area (Å²) in [4.78, 5) is 0. The van der Waals surface area contributed by atoms with Gasteiger partial charge in [-0.3, -0.25) is 0 Å². The molecule has 8 heteroatoms. The van der Waals surface area contributed by atoms with Crippen LogP contribution in [0.1, 0.15) is 5.56 Å². The van der Waals surface area contributed by atoms with Gasteiger partial charge in [0.1, 0.15) is 12.4 Å². The average Bonchev–Trinajstić information content (AvgIpc) is 2.27. The van der Waals surface area contributed by atoms with E-state index in [1.165, 1.54) is 24.3 Å². The molecule has 1 heterocycles. The predicted molar refractivity (Wildman–Crippen MR) is 56.6 cm³/mol. The van der Waals surface area contributed by atoms with Crippen LogP contribution in [0, 0.1) is 0 Å². The van der Waals surface area contributed by atoms with Crippen molar-refractivity contribution in [2.45, 2.75) is 5.51 Å². The van der Waals surface area contributed by atoms with Gasteiger partial charge < -0.3 is 8.92 Å². The molecule has 0 amide bonds. The van der Waals surface area contributed by atoms with E-state index in [-0.39, 0.29) is 17.9 Å². The number of rotatable bonds is 2. The summed E-state index contributed by atoms with van der Waals surface area (Å²) in [5.74, 6) is -0.145. The zero-order valence-corrected chi connectivity index (χ0v) is 9.59. The second-order valence-corrected chi connectivity index (χ2v) is 4.90. The molecule has 98 valence electrons. The maximum atomic E-state index is 12.2. The lowest BCUT2D eigenvalue weighted by Gasteiger charge is -2.16. The minimum atomic E-state index is -5.67. The summed E-state index contributed by atoms with van der Waals surface area (Å²) in [6.07, 6.45) is 2.98. The van der Waals surface area contributed by atoms with Gasteiger partial charge in [0.2, 0.25) is 0 Å². The van der Waals surface area contributed by atoms with Gasteiger partial charge in [0.25, 0.3) is 0 Å². The largest absolute Gasteiger partial charge is 0.534 e. The number of benzene rings is 1. The van der Waals surface area contributed by atoms with E-state index in [9.17, 15) is 21.6 Å². The first-order valence-electron chi connectivity index (χ1n) is 4.74. The Balaban J connectivity index is 2.41. The van der Waals surface area contributed by atoms with E-state index < -0.39 is 21.4 Å². The second kappa shape index (κ2) is 4.20. The minimum absolute atomic E-state index is 0.163. The van der Waals surface area contributed by atoms with Gasteiger partial charge in [0.15, 0.2) is 5.75 Å². The number of alkyl halides is 3. The Kier molecular flexibility index (Phi) is 2.97. The highest BCUT2D eigenvalue weighted by Gasteiger charge is 2.48. The van der Waals surface area contributed by atoms with E-state index in [0.29, 0.717) is 0 Å². The molecular formula is C10H7F3O4S. The molecule has 1 aromatic carbocycles. The molecule has 1 aliphatic rings. The number of fused-ring (bicyclic) bond motifs is 1. The van der Waals surface area contributed by atoms with E-state index in [1.54, 1.807) is 0 Å². The molecule has 0 radical (unpaired) electrons. The number of ether oxygens (including phenoxy) is 1. The predicted octanol–water partition coefficient (Wildman–Crippen LogP) is 2.32. The molecule has 4 nitrogen and oxygen atoms in total. The highest BCUT2D eigenvalue weighted by atomic mass is 32.2. The third-order valence-electron chi connectivity index (χ3n) is 2.13. The van der Waals surface area contributed by atoms with Crippen molar-refractivity contribution in [3.05, 3.63) is 29.8 Å². The van der Waals surface area contributed by atoms with Gasteiger partial charge in [-0.1, -0.05) is 6.07 Å². The topological polar surface area (TPSA) is 52.6 Å². The van der Waals surface area contributed by atoms with Crippen LogP contribution in [0.25, 0.3) is 6.08 Å². The van der Waals surface area contributed by atoms with Gasteiger partial charge in [0, 0.05) is 0 Å². The summed E-state index contributed by atoms with van der Waals surface area (Å²) < 4.78 is 67.6. The van der Waals surface area contributed by atoms with Gasteiger partial charge in [-0.25, -0.2) is 0 Å². The van der Waals surface area contributed by atoms with Crippen molar-refractivity contribution in [2.75, 3.05) is 6.61 Å². The Morgan fingerprint density at radius 2 is 2.00 bits per heavy atom. The summed E-state index contributed by atoms with van der Waals surface area (Å²) in [6.45, 7) is 0.266. The van der Waals surface area contributed by atoms with Gasteiger partial charge in [0.05, 0.1) is 5.56 Å². The van der Waals surface area contributed by atoms with Gasteiger partial charge in [-0.15, -0.1) is 0 Å². The number of hydrogen-bond donors (Lipinski definition) is 0. The molecule has 18 heavy (non-hydrogen) atoms. The van der Waals surface area contributed by atoms with E-state index in [2.05, 4.69) is 4.18 Å². The molecule has 0 aliphatic carbocycles. The summed E-state index contributed by atoms with van der Waals surface area (Å²) >= 11 is 0. The van der Waals surface area contributed by atoms with Crippen LogP contribution in [0.15, 0.2) is 24.3 Å². The van der Waals surface area contributed by atoms with Gasteiger partial charge in [-0.2, -0.15) is 21.6 Å². The summed E-state index contributed by atoms with van der Waals surface area (Å²) in [7, 11) is -5.67. The second-order valence-electron chi connectivity index (χ2n) is 3.36. The van der Waals surface area contributed by atoms with Crippen LogP contribution < -0.4 is 8.92 Å². The fraction of sp³-hybridized carbons (Fsp3) is 0.200. The molecule has 0 aromatic heterocycles. The van der Waals surface area contributed by atoms with Crippen molar-refractivity contribution in [3.63, 3.8) is 0 Å². The monoisotopic (exact) mass is 280 g/mol. The molecule has 0 saturated carbocycles. The average molecular weight is 280 g/mol. The Labute approximate surface area is 101 Å². The van der Waals surface area contributed by atoms with E-state index in [0.717, 1.165) is 6.07 Å². The Morgan fingerprint density at radius 1 is 1.28 bits per heavy atom. The fourth-order valence-electron chi connectivity index (χ4n) is 1.36. The number of hydrogen-bond acceptors (Lipinski definition) is 4. The minimum Gasteiger partial charge on any atom is -0.489 e. The molecule has 0 saturated heterocycles. The molecule has 1 aliphatic heterocycles. The molecular weight excluding hydrogens is 273 g/mol. The Bertz CT molecular complexity index is 590. The lowest BCUT2D eigenvalue weighted by molar-refractivity contribution is -0.0500. The summed E-state index contributed by atoms with van der Waals surface area (Å²) in [5, 5.41) is 0. The van der Waals surface area contributed by atoms with Crippen molar-refractivity contribution >= 4 is 16.2 Å². The molecule has 2 rings (SSSR count). The summed E-state index contributed by atoms with van der Waals surface area (Å²) in [5.41, 5.74) is -5.30. The standard InChI is InChI=1S/C10H7F3O4S/c11-10(12,13)18(14,15)17-9-5-1-4-8-7(9)3-2-6-16-8/h1-5H,6H2. The van der Waals surface area contributed by atoms with E-state index in [1.807, 2.05) is 0 Å². The Morgan fingerprint density at radius 3 is 2.67 bits per heavy atom. The number of halogens is 3. The smallest absolute Gasteiger partial charge is 0.489 e. The van der Waals surface area contributed by atoms with Gasteiger partial charge in [-0.05, 0) is 24.3 Å². The first-order chi connectivity index (χ1) is 8.31. The van der Waals surface area contributed by atoms with Crippen molar-refractivity contribution in [2.24, 2.45) is 0 Å². The van der Waals surface area contributed by atoms with Crippen LogP contribution in [0.3, 0.4) is 0 Å². The molecule has 0 atom stereocenters. The van der Waals surface area contributed by atoms with Crippen LogP contribution in [0.4, 0.5) is 13.2 Å². The zero-order chi connectivity index (χ0) is 13.4. The third-order valence-corrected chi connectivity index (χ3v) is 3.09. The fourth-order valence-corrected chi connectivity index (χ4v) is 1.83. The first-order valence-corrected chi connectivity index (χ1v) is 6.15. The SMILES string of the molecule is O=S(=O)(Oc1cccc2c1C=CCO2)C(F)(F)F. The lowest BCUT2D eigenvalue weighted by atomic mass is 10.1. The Hall–Kier alpha value is -1.70. The van der Waals surface area contributed by atoms with Crippen LogP contribution in [-0.2, 0) is 10.1 Å². The van der Waals surface area contributed by atoms with Crippen LogP contribution in [-0.4, -0.2) is 20.5 Å².